The van der Waals surface area contributed by atoms with E-state index in [1.165, 1.54) is 12.1 Å². The molecule has 1 aromatic carbocycles. The van der Waals surface area contributed by atoms with Gasteiger partial charge in [0.05, 0.1) is 11.6 Å². The summed E-state index contributed by atoms with van der Waals surface area (Å²) in [7, 11) is -3.82. The maximum atomic E-state index is 12.6. The van der Waals surface area contributed by atoms with Gasteiger partial charge in [0.15, 0.2) is 0 Å². The van der Waals surface area contributed by atoms with E-state index in [9.17, 15) is 26.4 Å². The Kier molecular flexibility index (Phi) is 3.85. The summed E-state index contributed by atoms with van der Waals surface area (Å²) in [6.07, 6.45) is -4.03. The van der Waals surface area contributed by atoms with Crippen LogP contribution in [0.2, 0.25) is 0 Å². The van der Waals surface area contributed by atoms with Crippen molar-refractivity contribution in [2.45, 2.75) is 18.8 Å². The zero-order valence-electron chi connectivity index (χ0n) is 10.1. The fourth-order valence-electron chi connectivity index (χ4n) is 1.89. The standard InChI is InChI=1S/C11H11F3N2O3S/c12-11(13,14)9-3-1-2-8(4-9)5-16-6-10(7-17)15-20(16,18)19/h1-4,7,10,15H,5-6H2. The van der Waals surface area contributed by atoms with E-state index in [0.717, 1.165) is 16.4 Å². The third-order valence-corrected chi connectivity index (χ3v) is 4.38. The highest BCUT2D eigenvalue weighted by Crippen LogP contribution is 2.30. The molecule has 5 nitrogen and oxygen atoms in total. The van der Waals surface area contributed by atoms with Gasteiger partial charge in [-0.3, -0.25) is 0 Å². The Balaban J connectivity index is 2.21. The van der Waals surface area contributed by atoms with Gasteiger partial charge in [-0.2, -0.15) is 30.6 Å². The summed E-state index contributed by atoms with van der Waals surface area (Å²) in [5.41, 5.74) is -0.636. The van der Waals surface area contributed by atoms with Crippen molar-refractivity contribution in [1.29, 1.82) is 0 Å². The Morgan fingerprint density at radius 3 is 2.65 bits per heavy atom. The number of halogens is 3. The van der Waals surface area contributed by atoms with Crippen LogP contribution in [0.15, 0.2) is 24.3 Å². The molecule has 1 aliphatic heterocycles. The van der Waals surface area contributed by atoms with Gasteiger partial charge in [-0.15, -0.1) is 0 Å². The minimum absolute atomic E-state index is 0.0952. The Morgan fingerprint density at radius 2 is 2.10 bits per heavy atom. The lowest BCUT2D eigenvalue weighted by molar-refractivity contribution is -0.137. The Bertz CT molecular complexity index is 616. The van der Waals surface area contributed by atoms with Gasteiger partial charge in [0, 0.05) is 13.1 Å². The summed E-state index contributed by atoms with van der Waals surface area (Å²) in [4.78, 5) is 10.6. The summed E-state index contributed by atoms with van der Waals surface area (Å²) < 4.78 is 64.0. The number of rotatable bonds is 3. The quantitative estimate of drug-likeness (QED) is 0.845. The summed E-state index contributed by atoms with van der Waals surface area (Å²) >= 11 is 0. The van der Waals surface area contributed by atoms with E-state index in [0.29, 0.717) is 6.29 Å². The van der Waals surface area contributed by atoms with Gasteiger partial charge in [0.1, 0.15) is 6.29 Å². The number of nitrogens with zero attached hydrogens (tertiary/aromatic N) is 1. The molecule has 110 valence electrons. The van der Waals surface area contributed by atoms with Gasteiger partial charge in [0.25, 0.3) is 10.2 Å². The van der Waals surface area contributed by atoms with Crippen molar-refractivity contribution in [3.63, 3.8) is 0 Å². The SMILES string of the molecule is O=CC1CN(Cc2cccc(C(F)(F)F)c2)S(=O)(=O)N1. The van der Waals surface area contributed by atoms with Crippen LogP contribution in [0.3, 0.4) is 0 Å². The first-order chi connectivity index (χ1) is 9.22. The van der Waals surface area contributed by atoms with Crippen molar-refractivity contribution in [3.05, 3.63) is 35.4 Å². The molecule has 0 radical (unpaired) electrons. The highest BCUT2D eigenvalue weighted by Gasteiger charge is 2.35. The molecule has 0 amide bonds. The number of carbonyl (C=O) groups excluding carboxylic acids is 1. The van der Waals surface area contributed by atoms with Crippen LogP contribution in [0.1, 0.15) is 11.1 Å². The predicted molar refractivity (Wildman–Crippen MR) is 63.8 cm³/mol. The second kappa shape index (κ2) is 5.15. The third-order valence-electron chi connectivity index (χ3n) is 2.82. The van der Waals surface area contributed by atoms with E-state index in [1.54, 1.807) is 0 Å². The molecule has 9 heteroatoms. The van der Waals surface area contributed by atoms with E-state index in [2.05, 4.69) is 4.72 Å². The number of hydrogen-bond donors (Lipinski definition) is 1. The lowest BCUT2D eigenvalue weighted by Gasteiger charge is -2.14. The van der Waals surface area contributed by atoms with Crippen LogP contribution in [0.5, 0.6) is 0 Å². The summed E-state index contributed by atoms with van der Waals surface area (Å²) in [6.45, 7) is -0.314. The lowest BCUT2D eigenvalue weighted by atomic mass is 10.1. The maximum absolute atomic E-state index is 12.6. The van der Waals surface area contributed by atoms with E-state index < -0.39 is 28.0 Å². The smallest absolute Gasteiger partial charge is 0.302 e. The largest absolute Gasteiger partial charge is 0.416 e. The predicted octanol–water partition coefficient (Wildman–Crippen LogP) is 0.923. The first kappa shape index (κ1) is 14.9. The normalized spacial score (nSPS) is 22.9. The highest BCUT2D eigenvalue weighted by molar-refractivity contribution is 7.87. The fraction of sp³-hybridized carbons (Fsp3) is 0.364. The van der Waals surface area contributed by atoms with Crippen molar-refractivity contribution in [2.75, 3.05) is 6.54 Å². The molecular formula is C11H11F3N2O3S. The summed E-state index contributed by atoms with van der Waals surface area (Å²) in [5, 5.41) is 0. The number of aldehydes is 1. The molecule has 1 N–H and O–H groups in total. The molecule has 0 bridgehead atoms. The first-order valence-corrected chi connectivity index (χ1v) is 7.05. The molecule has 1 atom stereocenters. The molecule has 1 aromatic rings. The van der Waals surface area contributed by atoms with Gasteiger partial charge in [-0.1, -0.05) is 18.2 Å². The Hall–Kier alpha value is -1.45. The molecule has 1 heterocycles. The zero-order valence-corrected chi connectivity index (χ0v) is 10.9. The van der Waals surface area contributed by atoms with Gasteiger partial charge in [-0.25, -0.2) is 0 Å². The zero-order chi connectivity index (χ0) is 15.0. The molecule has 1 fully saturated rings. The monoisotopic (exact) mass is 308 g/mol. The fourth-order valence-corrected chi connectivity index (χ4v) is 3.23. The van der Waals surface area contributed by atoms with E-state index in [1.807, 2.05) is 0 Å². The molecule has 1 saturated heterocycles. The van der Waals surface area contributed by atoms with Crippen LogP contribution in [0.25, 0.3) is 0 Å². The van der Waals surface area contributed by atoms with Crippen molar-refractivity contribution < 1.29 is 26.4 Å². The van der Waals surface area contributed by atoms with Crippen LogP contribution in [-0.4, -0.2) is 31.6 Å². The van der Waals surface area contributed by atoms with Crippen LogP contribution >= 0.6 is 0 Å². The van der Waals surface area contributed by atoms with E-state index in [-0.39, 0.29) is 18.7 Å². The molecule has 2 rings (SSSR count). The molecule has 0 aliphatic carbocycles. The second-order valence-corrected chi connectivity index (χ2v) is 6.06. The highest BCUT2D eigenvalue weighted by atomic mass is 32.2. The number of alkyl halides is 3. The topological polar surface area (TPSA) is 66.5 Å². The molecule has 0 spiro atoms. The van der Waals surface area contributed by atoms with Gasteiger partial charge < -0.3 is 4.79 Å². The van der Waals surface area contributed by atoms with Crippen LogP contribution in [0.4, 0.5) is 13.2 Å². The second-order valence-electron chi connectivity index (χ2n) is 4.36. The van der Waals surface area contributed by atoms with E-state index >= 15 is 0 Å². The maximum Gasteiger partial charge on any atom is 0.416 e. The number of hydrogen-bond acceptors (Lipinski definition) is 3. The van der Waals surface area contributed by atoms with Crippen molar-refractivity contribution in [3.8, 4) is 0 Å². The molecular weight excluding hydrogens is 297 g/mol. The Morgan fingerprint density at radius 1 is 1.40 bits per heavy atom. The van der Waals surface area contributed by atoms with Gasteiger partial charge in [-0.05, 0) is 11.6 Å². The summed E-state index contributed by atoms with van der Waals surface area (Å²) in [6, 6.07) is 3.55. The molecule has 0 saturated carbocycles. The van der Waals surface area contributed by atoms with Gasteiger partial charge in [0.2, 0.25) is 0 Å². The molecule has 1 unspecified atom stereocenters. The van der Waals surface area contributed by atoms with Crippen LogP contribution in [0, 0.1) is 0 Å². The third kappa shape index (κ3) is 3.17. The first-order valence-electron chi connectivity index (χ1n) is 5.61. The number of carbonyl (C=O) groups is 1. The van der Waals surface area contributed by atoms with Crippen LogP contribution < -0.4 is 4.72 Å². The average molecular weight is 308 g/mol. The van der Waals surface area contributed by atoms with Gasteiger partial charge >= 0.3 is 6.18 Å². The summed E-state index contributed by atoms with van der Waals surface area (Å²) in [5.74, 6) is 0. The number of benzene rings is 1. The minimum Gasteiger partial charge on any atom is -0.302 e. The van der Waals surface area contributed by atoms with Crippen molar-refractivity contribution in [1.82, 2.24) is 9.03 Å². The number of nitrogens with one attached hydrogen (secondary N) is 1. The molecule has 0 aromatic heterocycles. The van der Waals surface area contributed by atoms with E-state index in [4.69, 9.17) is 0 Å². The molecule has 20 heavy (non-hydrogen) atoms. The average Bonchev–Trinajstić information content (AvgIpc) is 2.64. The van der Waals surface area contributed by atoms with Crippen molar-refractivity contribution >= 4 is 16.5 Å². The molecule has 1 aliphatic rings. The lowest BCUT2D eigenvalue weighted by Crippen LogP contribution is -2.30. The van der Waals surface area contributed by atoms with Crippen molar-refractivity contribution in [2.24, 2.45) is 0 Å². The van der Waals surface area contributed by atoms with Crippen LogP contribution in [-0.2, 0) is 27.7 Å². The minimum atomic E-state index is -4.48. The Labute approximate surface area is 113 Å².